The normalized spacial score (nSPS) is 20.0. The van der Waals surface area contributed by atoms with Gasteiger partial charge in [0.1, 0.15) is 23.4 Å². The fourth-order valence-corrected chi connectivity index (χ4v) is 5.21. The van der Waals surface area contributed by atoms with Crippen LogP contribution >= 0.6 is 7.82 Å². The van der Waals surface area contributed by atoms with Gasteiger partial charge in [0.05, 0.1) is 12.2 Å². The van der Waals surface area contributed by atoms with Crippen molar-refractivity contribution in [2.75, 3.05) is 6.61 Å². The first kappa shape index (κ1) is 23.6. The van der Waals surface area contributed by atoms with Gasteiger partial charge < -0.3 is 23.0 Å². The van der Waals surface area contributed by atoms with Crippen LogP contribution in [0.3, 0.4) is 0 Å². The number of benzene rings is 2. The van der Waals surface area contributed by atoms with E-state index in [1.807, 2.05) is 0 Å². The standard InChI is InChI=1S/C25H25O8P/c1-2-29-25(27)24-20(21-16-17-23(26)30-21)14-9-15-22(24)33-34(28,31-18-10-5-3-6-11-18)32-19-12-7-4-8-13-19/h3-8,10-13,16-17,20-21H,2,9,14-15H2,1H3/t20-,21-/m1/s1. The number of hydrogen-bond acceptors (Lipinski definition) is 8. The van der Waals surface area contributed by atoms with Gasteiger partial charge in [-0.05, 0) is 50.1 Å². The second-order valence-corrected chi connectivity index (χ2v) is 9.11. The van der Waals surface area contributed by atoms with E-state index >= 15 is 0 Å². The Hall–Kier alpha value is -3.51. The second kappa shape index (κ2) is 10.6. The van der Waals surface area contributed by atoms with Gasteiger partial charge in [-0.1, -0.05) is 36.4 Å². The summed E-state index contributed by atoms with van der Waals surface area (Å²) >= 11 is 0. The van der Waals surface area contributed by atoms with Crippen LogP contribution in [0.25, 0.3) is 0 Å². The molecule has 0 saturated carbocycles. The third-order valence-electron chi connectivity index (χ3n) is 5.30. The van der Waals surface area contributed by atoms with Crippen molar-refractivity contribution in [1.29, 1.82) is 0 Å². The second-order valence-electron chi connectivity index (χ2n) is 7.66. The van der Waals surface area contributed by atoms with E-state index in [0.717, 1.165) is 0 Å². The minimum absolute atomic E-state index is 0.140. The third kappa shape index (κ3) is 5.69. The number of hydrogen-bond donors (Lipinski definition) is 0. The SMILES string of the molecule is CCOC(=O)C1=C(OP(=O)(Oc2ccccc2)Oc2ccccc2)CCC[C@@H]1[C@H]1C=CC(=O)O1. The van der Waals surface area contributed by atoms with Crippen molar-refractivity contribution in [2.45, 2.75) is 32.3 Å². The van der Waals surface area contributed by atoms with Crippen molar-refractivity contribution in [2.24, 2.45) is 5.92 Å². The van der Waals surface area contributed by atoms with Crippen LogP contribution in [-0.4, -0.2) is 24.6 Å². The maximum atomic E-state index is 13.9. The molecule has 0 unspecified atom stereocenters. The van der Waals surface area contributed by atoms with Crippen LogP contribution in [-0.2, 0) is 28.2 Å². The Bertz CT molecular complexity index is 1080. The van der Waals surface area contributed by atoms with Gasteiger partial charge in [0.2, 0.25) is 0 Å². The smallest absolute Gasteiger partial charge is 0.463 e. The minimum atomic E-state index is -4.29. The van der Waals surface area contributed by atoms with Gasteiger partial charge in [-0.15, -0.1) is 0 Å². The molecule has 2 aromatic carbocycles. The highest BCUT2D eigenvalue weighted by Crippen LogP contribution is 2.53. The third-order valence-corrected chi connectivity index (χ3v) is 6.61. The molecule has 2 aliphatic rings. The van der Waals surface area contributed by atoms with E-state index < -0.39 is 31.8 Å². The molecular weight excluding hydrogens is 459 g/mol. The van der Waals surface area contributed by atoms with Crippen molar-refractivity contribution < 1.29 is 37.2 Å². The molecule has 178 valence electrons. The molecule has 0 spiro atoms. The molecule has 0 amide bonds. The van der Waals surface area contributed by atoms with Crippen molar-refractivity contribution >= 4 is 19.8 Å². The fraction of sp³-hybridized carbons (Fsp3) is 0.280. The van der Waals surface area contributed by atoms with Crippen LogP contribution in [0.1, 0.15) is 26.2 Å². The number of phosphoric acid groups is 1. The number of phosphoric ester groups is 1. The highest BCUT2D eigenvalue weighted by molar-refractivity contribution is 7.49. The van der Waals surface area contributed by atoms with Crippen molar-refractivity contribution in [3.8, 4) is 11.5 Å². The Morgan fingerprint density at radius 1 is 1.00 bits per heavy atom. The molecule has 0 N–H and O–H groups in total. The Labute approximate surface area is 197 Å². The maximum absolute atomic E-state index is 13.9. The number of carbonyl (C=O) groups is 2. The number of allylic oxidation sites excluding steroid dienone is 1. The molecule has 1 aliphatic heterocycles. The molecule has 34 heavy (non-hydrogen) atoms. The average Bonchev–Trinajstić information content (AvgIpc) is 3.26. The topological polar surface area (TPSA) is 97.4 Å². The van der Waals surface area contributed by atoms with Crippen LogP contribution in [0.4, 0.5) is 0 Å². The fourth-order valence-electron chi connectivity index (χ4n) is 3.88. The Balaban J connectivity index is 1.71. The molecule has 0 aromatic heterocycles. The predicted octanol–water partition coefficient (Wildman–Crippen LogP) is 5.37. The van der Waals surface area contributed by atoms with Gasteiger partial charge in [0.15, 0.2) is 0 Å². The Morgan fingerprint density at radius 2 is 1.62 bits per heavy atom. The zero-order valence-electron chi connectivity index (χ0n) is 18.6. The number of ether oxygens (including phenoxy) is 2. The van der Waals surface area contributed by atoms with Crippen LogP contribution in [0.2, 0.25) is 0 Å². The van der Waals surface area contributed by atoms with E-state index in [1.54, 1.807) is 73.7 Å². The van der Waals surface area contributed by atoms with E-state index in [4.69, 9.17) is 23.0 Å². The summed E-state index contributed by atoms with van der Waals surface area (Å²) in [6, 6.07) is 17.0. The lowest BCUT2D eigenvalue weighted by Gasteiger charge is -2.30. The minimum Gasteiger partial charge on any atom is -0.463 e. The first-order valence-electron chi connectivity index (χ1n) is 11.1. The molecule has 9 heteroatoms. The monoisotopic (exact) mass is 484 g/mol. The highest BCUT2D eigenvalue weighted by atomic mass is 31.2. The molecular formula is C25H25O8P. The number of para-hydroxylation sites is 2. The summed E-state index contributed by atoms with van der Waals surface area (Å²) in [6.07, 6.45) is 3.78. The lowest BCUT2D eigenvalue weighted by molar-refractivity contribution is -0.144. The molecule has 2 atom stereocenters. The molecule has 0 saturated heterocycles. The summed E-state index contributed by atoms with van der Waals surface area (Å²) in [6.45, 7) is 1.83. The predicted molar refractivity (Wildman–Crippen MR) is 123 cm³/mol. The molecule has 4 rings (SSSR count). The van der Waals surface area contributed by atoms with Gasteiger partial charge in [-0.2, -0.15) is 4.57 Å². The zero-order chi connectivity index (χ0) is 24.0. The number of carbonyl (C=O) groups excluding carboxylic acids is 2. The van der Waals surface area contributed by atoms with Crippen LogP contribution in [0.5, 0.6) is 11.5 Å². The number of cyclic esters (lactones) is 1. The molecule has 8 nitrogen and oxygen atoms in total. The Morgan fingerprint density at radius 3 is 2.15 bits per heavy atom. The summed E-state index contributed by atoms with van der Waals surface area (Å²) in [5.41, 5.74) is 0.172. The lowest BCUT2D eigenvalue weighted by Crippen LogP contribution is -2.31. The quantitative estimate of drug-likeness (QED) is 0.346. The van der Waals surface area contributed by atoms with Crippen LogP contribution in [0, 0.1) is 5.92 Å². The summed E-state index contributed by atoms with van der Waals surface area (Å²) in [7, 11) is -4.29. The van der Waals surface area contributed by atoms with E-state index in [-0.39, 0.29) is 29.4 Å². The first-order chi connectivity index (χ1) is 16.5. The summed E-state index contributed by atoms with van der Waals surface area (Å²) in [5, 5.41) is 0. The summed E-state index contributed by atoms with van der Waals surface area (Å²) < 4.78 is 41.8. The molecule has 2 aromatic rings. The molecule has 0 radical (unpaired) electrons. The molecule has 0 fully saturated rings. The van der Waals surface area contributed by atoms with Gasteiger partial charge in [-0.25, -0.2) is 9.59 Å². The lowest BCUT2D eigenvalue weighted by atomic mass is 9.82. The van der Waals surface area contributed by atoms with Crippen molar-refractivity contribution in [3.05, 3.63) is 84.1 Å². The van der Waals surface area contributed by atoms with Crippen LogP contribution < -0.4 is 9.05 Å². The van der Waals surface area contributed by atoms with E-state index in [9.17, 15) is 14.2 Å². The van der Waals surface area contributed by atoms with E-state index in [2.05, 4.69) is 0 Å². The van der Waals surface area contributed by atoms with Crippen molar-refractivity contribution in [1.82, 2.24) is 0 Å². The van der Waals surface area contributed by atoms with E-state index in [0.29, 0.717) is 19.3 Å². The van der Waals surface area contributed by atoms with Gasteiger partial charge in [-0.3, -0.25) is 0 Å². The molecule has 0 bridgehead atoms. The summed E-state index contributed by atoms with van der Waals surface area (Å²) in [5.74, 6) is -0.912. The average molecular weight is 484 g/mol. The van der Waals surface area contributed by atoms with E-state index in [1.165, 1.54) is 6.08 Å². The maximum Gasteiger partial charge on any atom is 0.646 e. The number of esters is 2. The highest BCUT2D eigenvalue weighted by Gasteiger charge is 2.42. The van der Waals surface area contributed by atoms with Gasteiger partial charge in [0, 0.05) is 18.4 Å². The van der Waals surface area contributed by atoms with Crippen molar-refractivity contribution in [3.63, 3.8) is 0 Å². The zero-order valence-corrected chi connectivity index (χ0v) is 19.5. The number of rotatable bonds is 9. The molecule has 1 heterocycles. The Kier molecular flexibility index (Phi) is 7.38. The van der Waals surface area contributed by atoms with Gasteiger partial charge in [0.25, 0.3) is 0 Å². The van der Waals surface area contributed by atoms with Gasteiger partial charge >= 0.3 is 19.8 Å². The first-order valence-corrected chi connectivity index (χ1v) is 12.5. The summed E-state index contributed by atoms with van der Waals surface area (Å²) in [4.78, 5) is 24.6. The largest absolute Gasteiger partial charge is 0.646 e. The van der Waals surface area contributed by atoms with Crippen LogP contribution in [0.15, 0.2) is 84.1 Å². The molecule has 1 aliphatic carbocycles.